The zero-order valence-electron chi connectivity index (χ0n) is 14.8. The van der Waals surface area contributed by atoms with E-state index in [1.165, 1.54) is 24.3 Å². The van der Waals surface area contributed by atoms with E-state index >= 15 is 0 Å². The first-order chi connectivity index (χ1) is 13.4. The maximum absolute atomic E-state index is 12.4. The summed E-state index contributed by atoms with van der Waals surface area (Å²) in [6, 6.07) is 15.5. The van der Waals surface area contributed by atoms with Gasteiger partial charge in [-0.3, -0.25) is 9.71 Å². The van der Waals surface area contributed by atoms with Gasteiger partial charge >= 0.3 is 6.03 Å². The van der Waals surface area contributed by atoms with E-state index in [4.69, 9.17) is 5.73 Å². The molecule has 0 spiro atoms. The average Bonchev–Trinajstić information content (AvgIpc) is 2.69. The van der Waals surface area contributed by atoms with Crippen molar-refractivity contribution in [1.29, 1.82) is 0 Å². The molecule has 3 aromatic rings. The maximum atomic E-state index is 12.4. The van der Waals surface area contributed by atoms with Gasteiger partial charge in [-0.15, -0.1) is 0 Å². The third-order valence-electron chi connectivity index (χ3n) is 3.76. The molecular weight excluding hydrogens is 378 g/mol. The molecule has 0 radical (unpaired) electrons. The van der Waals surface area contributed by atoms with E-state index < -0.39 is 10.0 Å². The molecule has 1 heterocycles. The summed E-state index contributed by atoms with van der Waals surface area (Å²) in [4.78, 5) is 16.0. The number of rotatable bonds is 6. The molecule has 28 heavy (non-hydrogen) atoms. The fraction of sp³-hybridized carbons (Fsp3) is 0.0526. The van der Waals surface area contributed by atoms with Crippen molar-refractivity contribution in [2.24, 2.45) is 0 Å². The van der Waals surface area contributed by atoms with Crippen LogP contribution in [-0.4, -0.2) is 19.4 Å². The normalized spacial score (nSPS) is 10.9. The van der Waals surface area contributed by atoms with Crippen LogP contribution in [0.15, 0.2) is 78.0 Å². The fourth-order valence-electron chi connectivity index (χ4n) is 2.34. The molecule has 2 amide bonds. The predicted molar refractivity (Wildman–Crippen MR) is 108 cm³/mol. The Morgan fingerprint density at radius 1 is 0.964 bits per heavy atom. The molecule has 2 aromatic carbocycles. The first kappa shape index (κ1) is 19.2. The number of nitrogens with one attached hydrogen (secondary N) is 3. The zero-order chi connectivity index (χ0) is 20.0. The summed E-state index contributed by atoms with van der Waals surface area (Å²) in [5.74, 6) is 0. The van der Waals surface area contributed by atoms with E-state index in [2.05, 4.69) is 20.3 Å². The van der Waals surface area contributed by atoms with Crippen LogP contribution in [0.5, 0.6) is 0 Å². The second-order valence-corrected chi connectivity index (χ2v) is 7.60. The number of aromatic nitrogens is 1. The third kappa shape index (κ3) is 5.21. The quantitative estimate of drug-likeness (QED) is 0.476. The molecule has 0 saturated heterocycles. The molecule has 3 rings (SSSR count). The number of nitrogen functional groups attached to an aromatic ring is 1. The van der Waals surface area contributed by atoms with Gasteiger partial charge in [0.25, 0.3) is 10.0 Å². The summed E-state index contributed by atoms with van der Waals surface area (Å²) < 4.78 is 27.2. The Hall–Kier alpha value is -3.59. The van der Waals surface area contributed by atoms with Gasteiger partial charge in [-0.2, -0.15) is 0 Å². The topological polar surface area (TPSA) is 126 Å². The van der Waals surface area contributed by atoms with Gasteiger partial charge in [0.05, 0.1) is 4.90 Å². The average molecular weight is 397 g/mol. The number of carbonyl (C=O) groups is 1. The molecular formula is C19H19N5O3S. The molecule has 1 aromatic heterocycles. The van der Waals surface area contributed by atoms with Gasteiger partial charge in [-0.1, -0.05) is 6.07 Å². The summed E-state index contributed by atoms with van der Waals surface area (Å²) in [6.45, 7) is 0.346. The highest BCUT2D eigenvalue weighted by molar-refractivity contribution is 7.92. The molecule has 0 bridgehead atoms. The van der Waals surface area contributed by atoms with Gasteiger partial charge in [0, 0.05) is 36.0 Å². The number of pyridine rings is 1. The molecule has 0 fully saturated rings. The van der Waals surface area contributed by atoms with E-state index in [1.807, 2.05) is 6.07 Å². The Morgan fingerprint density at radius 3 is 2.29 bits per heavy atom. The van der Waals surface area contributed by atoms with Crippen LogP contribution in [0.25, 0.3) is 0 Å². The van der Waals surface area contributed by atoms with Gasteiger partial charge < -0.3 is 16.4 Å². The van der Waals surface area contributed by atoms with Crippen LogP contribution in [0.3, 0.4) is 0 Å². The summed E-state index contributed by atoms with van der Waals surface area (Å²) in [5.41, 5.74) is 7.84. The van der Waals surface area contributed by atoms with Crippen LogP contribution < -0.4 is 21.1 Å². The summed E-state index contributed by atoms with van der Waals surface area (Å²) in [6.07, 6.45) is 3.33. The number of nitrogens with zero attached hydrogens (tertiary/aromatic N) is 1. The fourth-order valence-corrected chi connectivity index (χ4v) is 3.40. The van der Waals surface area contributed by atoms with Gasteiger partial charge in [0.2, 0.25) is 0 Å². The Bertz CT molecular complexity index is 1040. The molecule has 5 N–H and O–H groups in total. The first-order valence-electron chi connectivity index (χ1n) is 8.34. The number of nitrogens with two attached hydrogens (primary N) is 1. The second-order valence-electron chi connectivity index (χ2n) is 5.92. The number of amides is 2. The van der Waals surface area contributed by atoms with Crippen molar-refractivity contribution < 1.29 is 13.2 Å². The van der Waals surface area contributed by atoms with Crippen molar-refractivity contribution in [3.05, 3.63) is 78.6 Å². The van der Waals surface area contributed by atoms with Gasteiger partial charge in [0.1, 0.15) is 0 Å². The van der Waals surface area contributed by atoms with Gasteiger partial charge in [0.15, 0.2) is 0 Å². The summed E-state index contributed by atoms with van der Waals surface area (Å²) >= 11 is 0. The minimum atomic E-state index is -3.72. The lowest BCUT2D eigenvalue weighted by molar-refractivity contribution is 0.251. The lowest BCUT2D eigenvalue weighted by atomic mass is 10.3. The van der Waals surface area contributed by atoms with Crippen molar-refractivity contribution in [3.8, 4) is 0 Å². The Labute approximate surface area is 162 Å². The largest absolute Gasteiger partial charge is 0.399 e. The maximum Gasteiger partial charge on any atom is 0.319 e. The standard InChI is InChI=1S/C19H19N5O3S/c20-15-3-9-18(10-4-15)28(26,27)24-17-7-5-16(6-8-17)23-19(25)22-13-14-2-1-11-21-12-14/h1-12,24H,13,20H2,(H2,22,23,25). The minimum Gasteiger partial charge on any atom is -0.399 e. The number of benzene rings is 2. The molecule has 0 aliphatic heterocycles. The van der Waals surface area contributed by atoms with E-state index in [1.54, 1.807) is 42.7 Å². The number of carbonyl (C=O) groups excluding carboxylic acids is 1. The monoisotopic (exact) mass is 397 g/mol. The number of hydrogen-bond donors (Lipinski definition) is 4. The Balaban J connectivity index is 1.57. The Morgan fingerprint density at radius 2 is 1.64 bits per heavy atom. The molecule has 0 aliphatic carbocycles. The van der Waals surface area contributed by atoms with Gasteiger partial charge in [-0.25, -0.2) is 13.2 Å². The van der Waals surface area contributed by atoms with Crippen molar-refractivity contribution in [2.45, 2.75) is 11.4 Å². The third-order valence-corrected chi connectivity index (χ3v) is 5.16. The minimum absolute atomic E-state index is 0.110. The SMILES string of the molecule is Nc1ccc(S(=O)(=O)Nc2ccc(NC(=O)NCc3cccnc3)cc2)cc1. The van der Waals surface area contributed by atoms with E-state index in [9.17, 15) is 13.2 Å². The molecule has 0 aliphatic rings. The zero-order valence-corrected chi connectivity index (χ0v) is 15.6. The predicted octanol–water partition coefficient (Wildman–Crippen LogP) is 2.79. The van der Waals surface area contributed by atoms with Crippen LogP contribution in [-0.2, 0) is 16.6 Å². The lowest BCUT2D eigenvalue weighted by Crippen LogP contribution is -2.28. The molecule has 8 nitrogen and oxygen atoms in total. The van der Waals surface area contributed by atoms with Gasteiger partial charge in [-0.05, 0) is 60.2 Å². The molecule has 0 unspecified atom stereocenters. The van der Waals surface area contributed by atoms with Crippen molar-refractivity contribution in [1.82, 2.24) is 10.3 Å². The number of hydrogen-bond acceptors (Lipinski definition) is 5. The number of urea groups is 1. The second kappa shape index (κ2) is 8.40. The van der Waals surface area contributed by atoms with Crippen LogP contribution in [0.4, 0.5) is 21.9 Å². The van der Waals surface area contributed by atoms with E-state index in [0.717, 1.165) is 5.56 Å². The molecule has 0 saturated carbocycles. The lowest BCUT2D eigenvalue weighted by Gasteiger charge is -2.10. The smallest absolute Gasteiger partial charge is 0.319 e. The highest BCUT2D eigenvalue weighted by Gasteiger charge is 2.13. The number of anilines is 3. The summed E-state index contributed by atoms with van der Waals surface area (Å²) in [7, 11) is -3.72. The summed E-state index contributed by atoms with van der Waals surface area (Å²) in [5, 5.41) is 5.39. The molecule has 0 atom stereocenters. The first-order valence-corrected chi connectivity index (χ1v) is 9.83. The number of sulfonamides is 1. The van der Waals surface area contributed by atoms with E-state index in [0.29, 0.717) is 23.6 Å². The molecule has 9 heteroatoms. The van der Waals surface area contributed by atoms with Crippen molar-refractivity contribution >= 4 is 33.1 Å². The van der Waals surface area contributed by atoms with Crippen LogP contribution in [0.2, 0.25) is 0 Å². The Kier molecular flexibility index (Phi) is 5.75. The van der Waals surface area contributed by atoms with Crippen LogP contribution in [0, 0.1) is 0 Å². The molecule has 144 valence electrons. The van der Waals surface area contributed by atoms with Crippen molar-refractivity contribution in [2.75, 3.05) is 15.8 Å². The van der Waals surface area contributed by atoms with Crippen molar-refractivity contribution in [3.63, 3.8) is 0 Å². The van der Waals surface area contributed by atoms with Crippen LogP contribution >= 0.6 is 0 Å². The highest BCUT2D eigenvalue weighted by Crippen LogP contribution is 2.19. The highest BCUT2D eigenvalue weighted by atomic mass is 32.2. The van der Waals surface area contributed by atoms with Crippen LogP contribution in [0.1, 0.15) is 5.56 Å². The van der Waals surface area contributed by atoms with E-state index in [-0.39, 0.29) is 10.9 Å².